The number of aryl methyl sites for hydroxylation is 2. The first-order valence-electron chi connectivity index (χ1n) is 6.69. The summed E-state index contributed by atoms with van der Waals surface area (Å²) in [6, 6.07) is 6.98. The third-order valence-corrected chi connectivity index (χ3v) is 3.99. The first-order chi connectivity index (χ1) is 9.06. The van der Waals surface area contributed by atoms with E-state index in [-0.39, 0.29) is 0 Å². The molecule has 0 aliphatic rings. The van der Waals surface area contributed by atoms with Gasteiger partial charge in [0, 0.05) is 24.6 Å². The number of rotatable bonds is 5. The molecule has 1 N–H and O–H groups in total. The van der Waals surface area contributed by atoms with E-state index in [2.05, 4.69) is 61.4 Å². The van der Waals surface area contributed by atoms with Gasteiger partial charge in [0.1, 0.15) is 10.0 Å². The van der Waals surface area contributed by atoms with Gasteiger partial charge in [0.2, 0.25) is 0 Å². The van der Waals surface area contributed by atoms with Crippen molar-refractivity contribution >= 4 is 11.3 Å². The molecule has 1 aromatic carbocycles. The second-order valence-corrected chi connectivity index (χ2v) is 6.24. The van der Waals surface area contributed by atoms with E-state index in [1.807, 2.05) is 0 Å². The minimum absolute atomic E-state index is 0.520. The van der Waals surface area contributed by atoms with E-state index in [9.17, 15) is 0 Å². The van der Waals surface area contributed by atoms with Crippen LogP contribution >= 0.6 is 11.3 Å². The van der Waals surface area contributed by atoms with E-state index < -0.39 is 0 Å². The molecule has 0 fully saturated rings. The number of nitrogens with one attached hydrogen (secondary N) is 1. The summed E-state index contributed by atoms with van der Waals surface area (Å²) >= 11 is 1.70. The maximum atomic E-state index is 4.32. The normalized spacial score (nSPS) is 11.2. The highest BCUT2D eigenvalue weighted by Crippen LogP contribution is 2.27. The van der Waals surface area contributed by atoms with Crippen LogP contribution < -0.4 is 5.32 Å². The van der Waals surface area contributed by atoms with Gasteiger partial charge >= 0.3 is 0 Å². The summed E-state index contributed by atoms with van der Waals surface area (Å²) in [6.07, 6.45) is 0.945. The van der Waals surface area contributed by atoms with Gasteiger partial charge in [0.25, 0.3) is 0 Å². The fraction of sp³-hybridized carbons (Fsp3) is 0.467. The molecule has 2 aromatic rings. The lowest BCUT2D eigenvalue weighted by Gasteiger charge is -2.05. The summed E-state index contributed by atoms with van der Waals surface area (Å²) in [5.74, 6) is 0. The SMILES string of the molecule is Cc1ccc(-c2nnc(CCNC(C)C)s2)c(C)c1. The maximum Gasteiger partial charge on any atom is 0.148 e. The van der Waals surface area contributed by atoms with Crippen molar-refractivity contribution in [3.8, 4) is 10.6 Å². The Morgan fingerprint density at radius 1 is 1.21 bits per heavy atom. The van der Waals surface area contributed by atoms with Crippen molar-refractivity contribution in [1.29, 1.82) is 0 Å². The van der Waals surface area contributed by atoms with Crippen LogP contribution in [-0.2, 0) is 6.42 Å². The summed E-state index contributed by atoms with van der Waals surface area (Å²) < 4.78 is 0. The number of aromatic nitrogens is 2. The van der Waals surface area contributed by atoms with Gasteiger partial charge in [-0.05, 0) is 19.4 Å². The van der Waals surface area contributed by atoms with E-state index in [1.54, 1.807) is 11.3 Å². The van der Waals surface area contributed by atoms with Crippen molar-refractivity contribution < 1.29 is 0 Å². The topological polar surface area (TPSA) is 37.8 Å². The molecule has 1 aromatic heterocycles. The van der Waals surface area contributed by atoms with Gasteiger partial charge in [-0.1, -0.05) is 48.9 Å². The zero-order valence-electron chi connectivity index (χ0n) is 12.0. The van der Waals surface area contributed by atoms with Gasteiger partial charge in [0.15, 0.2) is 0 Å². The predicted molar refractivity (Wildman–Crippen MR) is 81.7 cm³/mol. The lowest BCUT2D eigenvalue weighted by molar-refractivity contribution is 0.588. The molecule has 1 heterocycles. The van der Waals surface area contributed by atoms with Gasteiger partial charge in [-0.25, -0.2) is 0 Å². The van der Waals surface area contributed by atoms with Crippen LogP contribution in [0, 0.1) is 13.8 Å². The van der Waals surface area contributed by atoms with Crippen molar-refractivity contribution in [3.05, 3.63) is 34.3 Å². The van der Waals surface area contributed by atoms with Crippen LogP contribution in [0.25, 0.3) is 10.6 Å². The predicted octanol–water partition coefficient (Wildman–Crippen LogP) is 3.36. The molecule has 0 saturated heterocycles. The standard InChI is InChI=1S/C15H21N3S/c1-10(2)16-8-7-14-17-18-15(19-14)13-6-5-11(3)9-12(13)4/h5-6,9-10,16H,7-8H2,1-4H3. The Morgan fingerprint density at radius 3 is 2.68 bits per heavy atom. The summed E-state index contributed by atoms with van der Waals surface area (Å²) in [5, 5.41) is 14.1. The summed E-state index contributed by atoms with van der Waals surface area (Å²) in [7, 11) is 0. The quantitative estimate of drug-likeness (QED) is 0.909. The molecule has 0 bridgehead atoms. The average molecular weight is 275 g/mol. The zero-order chi connectivity index (χ0) is 13.8. The lowest BCUT2D eigenvalue weighted by atomic mass is 10.1. The first-order valence-corrected chi connectivity index (χ1v) is 7.51. The Morgan fingerprint density at radius 2 is 2.00 bits per heavy atom. The molecular formula is C15H21N3S. The highest BCUT2D eigenvalue weighted by molar-refractivity contribution is 7.14. The largest absolute Gasteiger partial charge is 0.314 e. The fourth-order valence-electron chi connectivity index (χ4n) is 1.98. The number of hydrogen-bond donors (Lipinski definition) is 1. The van der Waals surface area contributed by atoms with Crippen molar-refractivity contribution in [3.63, 3.8) is 0 Å². The summed E-state index contributed by atoms with van der Waals surface area (Å²) in [6.45, 7) is 9.51. The Labute approximate surface area is 119 Å². The average Bonchev–Trinajstić information content (AvgIpc) is 2.77. The molecule has 0 aliphatic heterocycles. The zero-order valence-corrected chi connectivity index (χ0v) is 12.8. The van der Waals surface area contributed by atoms with Crippen molar-refractivity contribution in [2.75, 3.05) is 6.54 Å². The van der Waals surface area contributed by atoms with E-state index in [4.69, 9.17) is 0 Å². The summed E-state index contributed by atoms with van der Waals surface area (Å²) in [4.78, 5) is 0. The van der Waals surface area contributed by atoms with Gasteiger partial charge in [0.05, 0.1) is 0 Å². The second kappa shape index (κ2) is 6.26. The molecule has 0 amide bonds. The van der Waals surface area contributed by atoms with Crippen LogP contribution in [0.1, 0.15) is 30.0 Å². The minimum Gasteiger partial charge on any atom is -0.314 e. The molecule has 0 atom stereocenters. The highest BCUT2D eigenvalue weighted by atomic mass is 32.1. The minimum atomic E-state index is 0.520. The molecule has 0 unspecified atom stereocenters. The Bertz CT molecular complexity index is 546. The van der Waals surface area contributed by atoms with Gasteiger partial charge in [-0.2, -0.15) is 0 Å². The van der Waals surface area contributed by atoms with E-state index in [1.165, 1.54) is 16.7 Å². The molecule has 0 aliphatic carbocycles. The molecule has 4 heteroatoms. The molecule has 2 rings (SSSR count). The van der Waals surface area contributed by atoms with Crippen LogP contribution in [0.5, 0.6) is 0 Å². The second-order valence-electron chi connectivity index (χ2n) is 5.18. The van der Waals surface area contributed by atoms with E-state index in [0.717, 1.165) is 23.0 Å². The van der Waals surface area contributed by atoms with Gasteiger partial charge in [-0.3, -0.25) is 0 Å². The third-order valence-electron chi connectivity index (χ3n) is 2.97. The molecule has 0 radical (unpaired) electrons. The smallest absolute Gasteiger partial charge is 0.148 e. The van der Waals surface area contributed by atoms with Gasteiger partial charge in [-0.15, -0.1) is 10.2 Å². The third kappa shape index (κ3) is 3.85. The molecule has 3 nitrogen and oxygen atoms in total. The number of benzene rings is 1. The van der Waals surface area contributed by atoms with Crippen LogP contribution in [0.3, 0.4) is 0 Å². The highest BCUT2D eigenvalue weighted by Gasteiger charge is 2.09. The lowest BCUT2D eigenvalue weighted by Crippen LogP contribution is -2.24. The van der Waals surface area contributed by atoms with Crippen LogP contribution in [-0.4, -0.2) is 22.8 Å². The van der Waals surface area contributed by atoms with Crippen LogP contribution in [0.15, 0.2) is 18.2 Å². The molecular weight excluding hydrogens is 254 g/mol. The van der Waals surface area contributed by atoms with Crippen molar-refractivity contribution in [2.45, 2.75) is 40.2 Å². The maximum absolute atomic E-state index is 4.32. The van der Waals surface area contributed by atoms with Crippen LogP contribution in [0.2, 0.25) is 0 Å². The number of nitrogens with zero attached hydrogens (tertiary/aromatic N) is 2. The van der Waals surface area contributed by atoms with E-state index in [0.29, 0.717) is 6.04 Å². The molecule has 0 spiro atoms. The van der Waals surface area contributed by atoms with Crippen LogP contribution in [0.4, 0.5) is 0 Å². The Balaban J connectivity index is 2.08. The monoisotopic (exact) mass is 275 g/mol. The van der Waals surface area contributed by atoms with Gasteiger partial charge < -0.3 is 5.32 Å². The van der Waals surface area contributed by atoms with E-state index >= 15 is 0 Å². The molecule has 19 heavy (non-hydrogen) atoms. The molecule has 102 valence electrons. The van der Waals surface area contributed by atoms with Crippen molar-refractivity contribution in [1.82, 2.24) is 15.5 Å². The van der Waals surface area contributed by atoms with Crippen molar-refractivity contribution in [2.24, 2.45) is 0 Å². The summed E-state index contributed by atoms with van der Waals surface area (Å²) in [5.41, 5.74) is 3.75. The first kappa shape index (κ1) is 14.2. The Kier molecular flexibility index (Phi) is 4.66. The Hall–Kier alpha value is -1.26. The fourth-order valence-corrected chi connectivity index (χ4v) is 2.91. The number of hydrogen-bond acceptors (Lipinski definition) is 4. The molecule has 0 saturated carbocycles.